The lowest BCUT2D eigenvalue weighted by molar-refractivity contribution is -0.135. The molecule has 6 heteroatoms. The molecule has 1 unspecified atom stereocenters. The predicted molar refractivity (Wildman–Crippen MR) is 134 cm³/mol. The van der Waals surface area contributed by atoms with Crippen molar-refractivity contribution in [2.45, 2.75) is 56.3 Å². The second-order valence-corrected chi connectivity index (χ2v) is 10.0. The smallest absolute Gasteiger partial charge is 0.232 e. The SMILES string of the molecule is CCC1(c2cccc(Oc3cc(C4(c5cncn5C)CC4)ccc3C#N)c2)CCCCN(C)C1=O. The van der Waals surface area contributed by atoms with Crippen LogP contribution in [0.4, 0.5) is 0 Å². The van der Waals surface area contributed by atoms with Crippen LogP contribution in [-0.2, 0) is 22.7 Å². The number of carbonyl (C=O) groups is 1. The number of nitrogens with zero attached hydrogens (tertiary/aromatic N) is 4. The summed E-state index contributed by atoms with van der Waals surface area (Å²) in [6.45, 7) is 2.89. The van der Waals surface area contributed by atoms with Crippen LogP contribution in [0.2, 0.25) is 0 Å². The van der Waals surface area contributed by atoms with Crippen molar-refractivity contribution in [3.8, 4) is 17.6 Å². The first-order valence-electron chi connectivity index (χ1n) is 12.5. The maximum absolute atomic E-state index is 13.4. The molecule has 1 atom stereocenters. The van der Waals surface area contributed by atoms with E-state index in [0.29, 0.717) is 17.1 Å². The Labute approximate surface area is 207 Å². The average molecular weight is 469 g/mol. The van der Waals surface area contributed by atoms with Gasteiger partial charge in [0.25, 0.3) is 0 Å². The third-order valence-corrected chi connectivity index (χ3v) is 8.03. The van der Waals surface area contributed by atoms with E-state index in [1.165, 1.54) is 5.69 Å². The molecule has 0 bridgehead atoms. The van der Waals surface area contributed by atoms with Crippen molar-refractivity contribution >= 4 is 5.91 Å². The molecule has 1 saturated heterocycles. The maximum Gasteiger partial charge on any atom is 0.232 e. The summed E-state index contributed by atoms with van der Waals surface area (Å²) in [6.07, 6.45) is 9.47. The molecule has 6 nitrogen and oxygen atoms in total. The van der Waals surface area contributed by atoms with E-state index in [1.54, 1.807) is 0 Å². The molecule has 0 N–H and O–H groups in total. The molecule has 1 aliphatic heterocycles. The number of likely N-dealkylation sites (N-methyl/N-ethyl adjacent to an activating group) is 1. The van der Waals surface area contributed by atoms with Crippen LogP contribution < -0.4 is 4.74 Å². The van der Waals surface area contributed by atoms with Crippen molar-refractivity contribution in [3.63, 3.8) is 0 Å². The molecule has 0 spiro atoms. The fourth-order valence-corrected chi connectivity index (χ4v) is 5.77. The summed E-state index contributed by atoms with van der Waals surface area (Å²) in [6, 6.07) is 16.0. The van der Waals surface area contributed by atoms with Gasteiger partial charge < -0.3 is 14.2 Å². The molecule has 180 valence electrons. The summed E-state index contributed by atoms with van der Waals surface area (Å²) >= 11 is 0. The average Bonchev–Trinajstić information content (AvgIpc) is 3.59. The minimum absolute atomic E-state index is 0.0805. The summed E-state index contributed by atoms with van der Waals surface area (Å²) in [7, 11) is 3.92. The number of aromatic nitrogens is 2. The maximum atomic E-state index is 13.4. The summed E-state index contributed by atoms with van der Waals surface area (Å²) in [5, 5.41) is 9.77. The Hall–Kier alpha value is -3.59. The number of imidazole rings is 1. The number of aryl methyl sites for hydroxylation is 1. The number of hydrogen-bond acceptors (Lipinski definition) is 4. The second-order valence-electron chi connectivity index (χ2n) is 10.0. The molecular weight excluding hydrogens is 436 g/mol. The first-order valence-corrected chi connectivity index (χ1v) is 12.5. The van der Waals surface area contributed by atoms with E-state index in [9.17, 15) is 10.1 Å². The normalized spacial score (nSPS) is 21.3. The Bertz CT molecular complexity index is 1300. The predicted octanol–water partition coefficient (Wildman–Crippen LogP) is 5.45. The molecular formula is C29H32N4O2. The standard InChI is InChI=1S/C29H32N4O2/c1-4-28(12-5-6-15-32(2)27(28)34)22-8-7-9-24(16-22)35-25-17-23(11-10-21(25)18-30)29(13-14-29)26-19-31-20-33(26)3/h7-11,16-17,19-20H,4-6,12-15H2,1-3H3. The first-order chi connectivity index (χ1) is 16.9. The molecule has 35 heavy (non-hydrogen) atoms. The molecule has 2 aromatic carbocycles. The number of likely N-dealkylation sites (tertiary alicyclic amines) is 1. The van der Waals surface area contributed by atoms with E-state index < -0.39 is 5.41 Å². The van der Waals surface area contributed by atoms with Crippen molar-refractivity contribution in [2.24, 2.45) is 7.05 Å². The van der Waals surface area contributed by atoms with Gasteiger partial charge >= 0.3 is 0 Å². The van der Waals surface area contributed by atoms with Crippen molar-refractivity contribution in [1.29, 1.82) is 5.26 Å². The van der Waals surface area contributed by atoms with Gasteiger partial charge in [-0.05, 0) is 67.5 Å². The number of benzene rings is 2. The first kappa shape index (κ1) is 23.2. The zero-order valence-corrected chi connectivity index (χ0v) is 20.8. The highest BCUT2D eigenvalue weighted by Crippen LogP contribution is 2.54. The molecule has 1 saturated carbocycles. The van der Waals surface area contributed by atoms with E-state index in [0.717, 1.165) is 56.2 Å². The van der Waals surface area contributed by atoms with Crippen LogP contribution in [0.3, 0.4) is 0 Å². The van der Waals surface area contributed by atoms with E-state index >= 15 is 0 Å². The van der Waals surface area contributed by atoms with E-state index in [2.05, 4.69) is 22.5 Å². The third-order valence-electron chi connectivity index (χ3n) is 8.03. The van der Waals surface area contributed by atoms with Crippen LogP contribution in [0.15, 0.2) is 55.0 Å². The van der Waals surface area contributed by atoms with Gasteiger partial charge in [0, 0.05) is 37.9 Å². The lowest BCUT2D eigenvalue weighted by Gasteiger charge is -2.33. The van der Waals surface area contributed by atoms with Gasteiger partial charge in [-0.3, -0.25) is 4.79 Å². The summed E-state index contributed by atoms with van der Waals surface area (Å²) < 4.78 is 8.43. The Balaban J connectivity index is 1.50. The molecule has 5 rings (SSSR count). The van der Waals surface area contributed by atoms with Gasteiger partial charge in [-0.2, -0.15) is 5.26 Å². The van der Waals surface area contributed by atoms with E-state index in [4.69, 9.17) is 4.74 Å². The molecule has 1 aromatic heterocycles. The van der Waals surface area contributed by atoms with Crippen LogP contribution >= 0.6 is 0 Å². The molecule has 3 aromatic rings. The van der Waals surface area contributed by atoms with Crippen molar-refractivity contribution in [1.82, 2.24) is 14.5 Å². The number of ether oxygens (including phenoxy) is 1. The Morgan fingerprint density at radius 3 is 2.60 bits per heavy atom. The van der Waals surface area contributed by atoms with Gasteiger partial charge in [0.2, 0.25) is 5.91 Å². The topological polar surface area (TPSA) is 71.2 Å². The molecule has 0 radical (unpaired) electrons. The zero-order chi connectivity index (χ0) is 24.6. The lowest BCUT2D eigenvalue weighted by Crippen LogP contribution is -2.43. The summed E-state index contributed by atoms with van der Waals surface area (Å²) in [4.78, 5) is 19.6. The minimum Gasteiger partial charge on any atom is -0.456 e. The van der Waals surface area contributed by atoms with Crippen LogP contribution in [0, 0.1) is 11.3 Å². The molecule has 1 aliphatic carbocycles. The Morgan fingerprint density at radius 2 is 1.91 bits per heavy atom. The van der Waals surface area contributed by atoms with Gasteiger partial charge in [-0.25, -0.2) is 4.98 Å². The van der Waals surface area contributed by atoms with Gasteiger partial charge in [-0.15, -0.1) is 0 Å². The highest BCUT2D eigenvalue weighted by molar-refractivity contribution is 5.88. The van der Waals surface area contributed by atoms with Crippen LogP contribution in [0.25, 0.3) is 0 Å². The van der Waals surface area contributed by atoms with Crippen molar-refractivity contribution in [2.75, 3.05) is 13.6 Å². The third kappa shape index (κ3) is 3.89. The van der Waals surface area contributed by atoms with Gasteiger partial charge in [0.1, 0.15) is 17.6 Å². The van der Waals surface area contributed by atoms with E-state index in [1.807, 2.05) is 74.0 Å². The van der Waals surface area contributed by atoms with Crippen molar-refractivity contribution in [3.05, 3.63) is 77.4 Å². The lowest BCUT2D eigenvalue weighted by atomic mass is 9.73. The summed E-state index contributed by atoms with van der Waals surface area (Å²) in [5.41, 5.74) is 3.17. The van der Waals surface area contributed by atoms with Gasteiger partial charge in [0.15, 0.2) is 0 Å². The van der Waals surface area contributed by atoms with Crippen LogP contribution in [-0.4, -0.2) is 34.0 Å². The highest BCUT2D eigenvalue weighted by Gasteiger charge is 2.48. The molecule has 2 heterocycles. The van der Waals surface area contributed by atoms with Gasteiger partial charge in [-0.1, -0.05) is 31.5 Å². The molecule has 1 amide bonds. The van der Waals surface area contributed by atoms with E-state index in [-0.39, 0.29) is 11.3 Å². The zero-order valence-electron chi connectivity index (χ0n) is 20.8. The number of rotatable bonds is 6. The van der Waals surface area contributed by atoms with Crippen molar-refractivity contribution < 1.29 is 9.53 Å². The molecule has 2 aliphatic rings. The van der Waals surface area contributed by atoms with Crippen LogP contribution in [0.5, 0.6) is 11.5 Å². The molecule has 2 fully saturated rings. The number of hydrogen-bond donors (Lipinski definition) is 0. The van der Waals surface area contributed by atoms with Gasteiger partial charge in [0.05, 0.1) is 17.3 Å². The van der Waals surface area contributed by atoms with Crippen LogP contribution in [0.1, 0.15) is 67.8 Å². The second kappa shape index (κ2) is 8.88. The fraction of sp³-hybridized carbons (Fsp3) is 0.414. The number of nitriles is 1. The fourth-order valence-electron chi connectivity index (χ4n) is 5.77. The number of carbonyl (C=O) groups excluding carboxylic acids is 1. The Morgan fingerprint density at radius 1 is 1.09 bits per heavy atom. The number of amides is 1. The highest BCUT2D eigenvalue weighted by atomic mass is 16.5. The summed E-state index contributed by atoms with van der Waals surface area (Å²) in [5.74, 6) is 1.38. The quantitative estimate of drug-likeness (QED) is 0.482. The largest absolute Gasteiger partial charge is 0.456 e. The monoisotopic (exact) mass is 468 g/mol. The minimum atomic E-state index is -0.540. The Kier molecular flexibility index (Phi) is 5.88.